The highest BCUT2D eigenvalue weighted by atomic mass is 35.5. The smallest absolute Gasteiger partial charge is 0.321 e. The van der Waals surface area contributed by atoms with Crippen molar-refractivity contribution in [2.45, 2.75) is 45.4 Å². The maximum atomic E-state index is 13.2. The largest absolute Gasteiger partial charge is 0.465 e. The normalized spacial score (nSPS) is 12.3. The van der Waals surface area contributed by atoms with Gasteiger partial charge in [0.1, 0.15) is 5.92 Å². The van der Waals surface area contributed by atoms with Crippen LogP contribution >= 0.6 is 32.3 Å². The van der Waals surface area contributed by atoms with E-state index in [-0.39, 0.29) is 15.6 Å². The summed E-state index contributed by atoms with van der Waals surface area (Å²) in [5.74, 6) is -1.82. The molecule has 0 aromatic heterocycles. The molecule has 7 heteroatoms. The highest BCUT2D eigenvalue weighted by molar-refractivity contribution is 7.00. The van der Waals surface area contributed by atoms with E-state index in [1.54, 1.807) is 42.5 Å². The van der Waals surface area contributed by atoms with Gasteiger partial charge in [0.25, 0.3) is 0 Å². The average molecular weight is 470 g/mol. The van der Waals surface area contributed by atoms with Gasteiger partial charge >= 0.3 is 15.1 Å². The summed E-state index contributed by atoms with van der Waals surface area (Å²) in [6.07, 6.45) is 4.11. The van der Waals surface area contributed by atoms with Crippen molar-refractivity contribution in [3.63, 3.8) is 0 Å². The number of carbonyl (C=O) groups is 2. The van der Waals surface area contributed by atoms with E-state index in [9.17, 15) is 9.59 Å². The molecule has 0 fully saturated rings. The van der Waals surface area contributed by atoms with Crippen molar-refractivity contribution in [1.29, 1.82) is 0 Å². The summed E-state index contributed by atoms with van der Waals surface area (Å²) in [7, 11) is 1.17. The summed E-state index contributed by atoms with van der Waals surface area (Å²) in [6.45, 7) is 4.52. The first-order chi connectivity index (χ1) is 14.5. The van der Waals surface area contributed by atoms with Gasteiger partial charge in [-0.15, -0.1) is 0 Å². The standard InChI is InChI=1S/C23H26Cl2O3.H2OP/c1-3-5-10-16(4-2)15-28-23(27)20(17-11-7-6-8-12-17)22(26)21-18(24)13-9-14-19(21)25;1-2/h6-9,11-14,16,20H,3-5,10,15H2,1-2H3;2H2/q;+1. The van der Waals surface area contributed by atoms with Crippen LogP contribution in [-0.2, 0) is 14.1 Å². The number of benzene rings is 2. The lowest BCUT2D eigenvalue weighted by Gasteiger charge is -2.20. The van der Waals surface area contributed by atoms with E-state index >= 15 is 0 Å². The van der Waals surface area contributed by atoms with E-state index in [2.05, 4.69) is 13.8 Å². The number of hydrogen-bond acceptors (Lipinski definition) is 4. The van der Waals surface area contributed by atoms with Crippen molar-refractivity contribution in [3.05, 3.63) is 69.7 Å². The zero-order valence-electron chi connectivity index (χ0n) is 17.3. The fourth-order valence-electron chi connectivity index (χ4n) is 3.10. The van der Waals surface area contributed by atoms with Gasteiger partial charge in [-0.2, -0.15) is 0 Å². The number of rotatable bonds is 10. The quantitative estimate of drug-likeness (QED) is 0.164. The molecule has 0 amide bonds. The minimum absolute atomic E-state index is 0.148. The topological polar surface area (TPSA) is 60.4 Å². The number of Topliss-reactive ketones (excluding diaryl/α,β-unsaturated/α-hetero) is 1. The van der Waals surface area contributed by atoms with Crippen LogP contribution in [-0.4, -0.2) is 18.4 Å². The van der Waals surface area contributed by atoms with Crippen molar-refractivity contribution in [2.75, 3.05) is 6.61 Å². The molecule has 30 heavy (non-hydrogen) atoms. The molecule has 0 bridgehead atoms. The molecule has 0 saturated heterocycles. The van der Waals surface area contributed by atoms with Crippen molar-refractivity contribution in [1.82, 2.24) is 0 Å². The Morgan fingerprint density at radius 2 is 1.57 bits per heavy atom. The number of carbonyl (C=O) groups excluding carboxylic acids is 2. The van der Waals surface area contributed by atoms with Crippen LogP contribution in [0.1, 0.15) is 61.4 Å². The molecular weight excluding hydrogens is 442 g/mol. The molecule has 0 N–H and O–H groups in total. The summed E-state index contributed by atoms with van der Waals surface area (Å²) in [6, 6.07) is 13.7. The van der Waals surface area contributed by atoms with Crippen molar-refractivity contribution in [3.8, 4) is 0 Å². The molecule has 3 atom stereocenters. The maximum absolute atomic E-state index is 13.2. The molecule has 3 unspecified atom stereocenters. The van der Waals surface area contributed by atoms with Gasteiger partial charge < -0.3 is 4.74 Å². The molecule has 2 rings (SSSR count). The lowest BCUT2D eigenvalue weighted by Crippen LogP contribution is -2.26. The molecule has 0 saturated carbocycles. The van der Waals surface area contributed by atoms with Gasteiger partial charge in [-0.25, -0.2) is 0 Å². The van der Waals surface area contributed by atoms with E-state index in [0.717, 1.165) is 25.7 Å². The second-order valence-corrected chi connectivity index (χ2v) is 7.67. The third-order valence-electron chi connectivity index (χ3n) is 4.84. The number of halogens is 2. The molecular formula is C23H28Cl2O4P+. The van der Waals surface area contributed by atoms with Gasteiger partial charge in [0.2, 0.25) is 0 Å². The lowest BCUT2D eigenvalue weighted by atomic mass is 9.90. The summed E-state index contributed by atoms with van der Waals surface area (Å²) < 4.78 is 13.8. The monoisotopic (exact) mass is 469 g/mol. The molecule has 0 aliphatic carbocycles. The highest BCUT2D eigenvalue weighted by Crippen LogP contribution is 2.31. The van der Waals surface area contributed by atoms with E-state index in [1.807, 2.05) is 6.07 Å². The van der Waals surface area contributed by atoms with Crippen molar-refractivity contribution < 1.29 is 18.9 Å². The maximum Gasteiger partial charge on any atom is 0.321 e. The zero-order chi connectivity index (χ0) is 22.5. The summed E-state index contributed by atoms with van der Waals surface area (Å²) in [5, 5.41) is 0.446. The van der Waals surface area contributed by atoms with E-state index in [0.29, 0.717) is 18.1 Å². The summed E-state index contributed by atoms with van der Waals surface area (Å²) in [4.78, 5) is 26.2. The van der Waals surface area contributed by atoms with Crippen LogP contribution in [0.4, 0.5) is 0 Å². The second kappa shape index (κ2) is 14.3. The van der Waals surface area contributed by atoms with Gasteiger partial charge in [-0.3, -0.25) is 9.59 Å². The molecule has 0 aliphatic rings. The lowest BCUT2D eigenvalue weighted by molar-refractivity contribution is -0.145. The molecule has 0 aliphatic heterocycles. The average Bonchev–Trinajstić information content (AvgIpc) is 2.76. The molecule has 4 nitrogen and oxygen atoms in total. The van der Waals surface area contributed by atoms with E-state index in [1.165, 1.54) is 9.12 Å². The molecule has 0 radical (unpaired) electrons. The van der Waals surface area contributed by atoms with Crippen LogP contribution in [0, 0.1) is 5.92 Å². The number of hydrogen-bond donors (Lipinski definition) is 0. The zero-order valence-corrected chi connectivity index (χ0v) is 19.9. The summed E-state index contributed by atoms with van der Waals surface area (Å²) in [5.41, 5.74) is 0.713. The van der Waals surface area contributed by atoms with Gasteiger partial charge in [0.05, 0.1) is 22.2 Å². The first-order valence-electron chi connectivity index (χ1n) is 9.92. The molecule has 2 aromatic rings. The Labute approximate surface area is 190 Å². The van der Waals surface area contributed by atoms with Crippen molar-refractivity contribution in [2.24, 2.45) is 5.92 Å². The number of ether oxygens (including phenoxy) is 1. The summed E-state index contributed by atoms with van der Waals surface area (Å²) >= 11 is 12.4. The Morgan fingerprint density at radius 3 is 2.10 bits per heavy atom. The number of ketones is 1. The van der Waals surface area contributed by atoms with Crippen LogP contribution in [0.15, 0.2) is 48.5 Å². The molecule has 2 aromatic carbocycles. The number of unbranched alkanes of at least 4 members (excludes halogenated alkanes) is 1. The Balaban J connectivity index is 0.00000218. The van der Waals surface area contributed by atoms with Crippen LogP contribution in [0.5, 0.6) is 0 Å². The third kappa shape index (κ3) is 7.50. The molecule has 0 heterocycles. The van der Waals surface area contributed by atoms with Crippen LogP contribution < -0.4 is 0 Å². The predicted octanol–water partition coefficient (Wildman–Crippen LogP) is 6.93. The minimum Gasteiger partial charge on any atom is -0.465 e. The van der Waals surface area contributed by atoms with E-state index < -0.39 is 17.7 Å². The molecule has 0 spiro atoms. The first kappa shape index (κ1) is 26.3. The molecule has 162 valence electrons. The fraction of sp³-hybridized carbons (Fsp3) is 0.391. The minimum atomic E-state index is -1.10. The van der Waals surface area contributed by atoms with Gasteiger partial charge in [0, 0.05) is 0 Å². The van der Waals surface area contributed by atoms with Crippen LogP contribution in [0.2, 0.25) is 10.0 Å². The first-order valence-corrected chi connectivity index (χ1v) is 11.2. The van der Waals surface area contributed by atoms with Gasteiger partial charge in [-0.05, 0) is 30.0 Å². The third-order valence-corrected chi connectivity index (χ3v) is 5.47. The van der Waals surface area contributed by atoms with Crippen LogP contribution in [0.3, 0.4) is 0 Å². The number of esters is 1. The Kier molecular flexibility index (Phi) is 12.5. The Hall–Kier alpha value is -1.74. The fourth-order valence-corrected chi connectivity index (χ4v) is 3.68. The van der Waals surface area contributed by atoms with E-state index in [4.69, 9.17) is 32.5 Å². The van der Waals surface area contributed by atoms with Crippen molar-refractivity contribution >= 4 is 44.1 Å². The predicted molar refractivity (Wildman–Crippen MR) is 125 cm³/mol. The van der Waals surface area contributed by atoms with Gasteiger partial charge in [0.15, 0.2) is 5.78 Å². The highest BCUT2D eigenvalue weighted by Gasteiger charge is 2.33. The van der Waals surface area contributed by atoms with Crippen LogP contribution in [0.25, 0.3) is 0 Å². The Morgan fingerprint density at radius 1 is 0.967 bits per heavy atom. The second-order valence-electron chi connectivity index (χ2n) is 6.85. The Bertz CT molecular complexity index is 794. The van der Waals surface area contributed by atoms with Gasteiger partial charge in [-0.1, -0.05) is 97.3 Å². The SMILES string of the molecule is CCCCC(CC)COC(=O)C(C(=O)c1c(Cl)cccc1Cl)c1ccccc1.O=[PH2+].